The number of carbonyl (C=O) groups is 1. The Morgan fingerprint density at radius 1 is 1.00 bits per heavy atom. The lowest BCUT2D eigenvalue weighted by atomic mass is 9.98. The minimum absolute atomic E-state index is 0.334. The maximum absolute atomic E-state index is 10.7. The molecular formula is C15H14O2. The fraction of sp³-hybridized carbons (Fsp3) is 0.133. The Kier molecular flexibility index (Phi) is 2.96. The quantitative estimate of drug-likeness (QED) is 0.796. The zero-order chi connectivity index (χ0) is 12.4. The second-order valence-corrected chi connectivity index (χ2v) is 4.20. The molecule has 0 spiro atoms. The molecule has 86 valence electrons. The van der Waals surface area contributed by atoms with Crippen LogP contribution in [0.1, 0.15) is 21.5 Å². The number of aromatic hydroxyl groups is 1. The maximum atomic E-state index is 10.7. The Morgan fingerprint density at radius 3 is 2.24 bits per heavy atom. The number of aryl methyl sites for hydroxylation is 2. The van der Waals surface area contributed by atoms with E-state index in [-0.39, 0.29) is 0 Å². The lowest BCUT2D eigenvalue weighted by Gasteiger charge is -2.08. The van der Waals surface area contributed by atoms with Crippen molar-refractivity contribution in [3.05, 3.63) is 53.1 Å². The molecule has 0 saturated heterocycles. The van der Waals surface area contributed by atoms with Crippen LogP contribution in [0.5, 0.6) is 5.75 Å². The molecule has 0 heterocycles. The van der Waals surface area contributed by atoms with Gasteiger partial charge in [-0.15, -0.1) is 0 Å². The number of hydrogen-bond acceptors (Lipinski definition) is 2. The van der Waals surface area contributed by atoms with E-state index in [0.717, 1.165) is 28.5 Å². The van der Waals surface area contributed by atoms with E-state index in [2.05, 4.69) is 0 Å². The summed E-state index contributed by atoms with van der Waals surface area (Å²) in [5, 5.41) is 9.72. The summed E-state index contributed by atoms with van der Waals surface area (Å²) in [6.45, 7) is 3.74. The number of phenols is 1. The summed E-state index contributed by atoms with van der Waals surface area (Å²) in [6.07, 6.45) is 0.837. The van der Waals surface area contributed by atoms with Crippen LogP contribution in [-0.4, -0.2) is 11.4 Å². The Bertz CT molecular complexity index is 548. The van der Waals surface area contributed by atoms with Crippen molar-refractivity contribution in [1.82, 2.24) is 0 Å². The van der Waals surface area contributed by atoms with E-state index in [1.807, 2.05) is 44.2 Å². The number of phenolic OH excluding ortho intramolecular Hbond substituents is 1. The minimum atomic E-state index is 0.334. The fourth-order valence-corrected chi connectivity index (χ4v) is 1.91. The molecular weight excluding hydrogens is 212 g/mol. The van der Waals surface area contributed by atoms with Gasteiger partial charge in [0.05, 0.1) is 0 Å². The molecule has 0 aliphatic carbocycles. The Balaban J connectivity index is 2.56. The van der Waals surface area contributed by atoms with Crippen molar-refractivity contribution in [3.8, 4) is 16.9 Å². The smallest absolute Gasteiger partial charge is 0.150 e. The minimum Gasteiger partial charge on any atom is -0.507 e. The van der Waals surface area contributed by atoms with Crippen LogP contribution in [0, 0.1) is 13.8 Å². The Hall–Kier alpha value is -2.09. The molecule has 0 bridgehead atoms. The van der Waals surface area contributed by atoms with Gasteiger partial charge in [-0.1, -0.05) is 18.2 Å². The van der Waals surface area contributed by atoms with Crippen LogP contribution in [0.15, 0.2) is 36.4 Å². The van der Waals surface area contributed by atoms with Crippen LogP contribution in [-0.2, 0) is 0 Å². The summed E-state index contributed by atoms with van der Waals surface area (Å²) in [5.41, 5.74) is 4.35. The number of carbonyl (C=O) groups excluding carboxylic acids is 1. The molecule has 0 aromatic heterocycles. The largest absolute Gasteiger partial charge is 0.507 e. The summed E-state index contributed by atoms with van der Waals surface area (Å²) in [4.78, 5) is 10.7. The fourth-order valence-electron chi connectivity index (χ4n) is 1.91. The molecule has 2 nitrogen and oxygen atoms in total. The topological polar surface area (TPSA) is 37.3 Å². The van der Waals surface area contributed by atoms with Gasteiger partial charge in [-0.2, -0.15) is 0 Å². The highest BCUT2D eigenvalue weighted by atomic mass is 16.3. The van der Waals surface area contributed by atoms with E-state index in [0.29, 0.717) is 11.3 Å². The monoisotopic (exact) mass is 226 g/mol. The lowest BCUT2D eigenvalue weighted by molar-refractivity contribution is 0.112. The number of benzene rings is 2. The molecule has 0 unspecified atom stereocenters. The van der Waals surface area contributed by atoms with Gasteiger partial charge in [0.15, 0.2) is 0 Å². The van der Waals surface area contributed by atoms with Crippen molar-refractivity contribution < 1.29 is 9.90 Å². The molecule has 17 heavy (non-hydrogen) atoms. The number of aldehydes is 1. The Labute approximate surface area is 101 Å². The van der Waals surface area contributed by atoms with E-state index >= 15 is 0 Å². The normalized spacial score (nSPS) is 10.2. The molecule has 0 amide bonds. The van der Waals surface area contributed by atoms with Gasteiger partial charge in [-0.05, 0) is 54.3 Å². The SMILES string of the molecule is Cc1cc(-c2cccc(C=O)c2)cc(C)c1O. The van der Waals surface area contributed by atoms with Crippen molar-refractivity contribution in [1.29, 1.82) is 0 Å². The highest BCUT2D eigenvalue weighted by Gasteiger charge is 2.05. The first kappa shape index (κ1) is 11.4. The molecule has 2 aromatic rings. The molecule has 2 heteroatoms. The molecule has 0 atom stereocenters. The van der Waals surface area contributed by atoms with E-state index < -0.39 is 0 Å². The van der Waals surface area contributed by atoms with Gasteiger partial charge >= 0.3 is 0 Å². The zero-order valence-electron chi connectivity index (χ0n) is 9.90. The molecule has 1 N–H and O–H groups in total. The van der Waals surface area contributed by atoms with Crippen LogP contribution in [0.3, 0.4) is 0 Å². The molecule has 0 saturated carbocycles. The molecule has 0 radical (unpaired) electrons. The van der Waals surface area contributed by atoms with Crippen LogP contribution in [0.4, 0.5) is 0 Å². The summed E-state index contributed by atoms with van der Waals surface area (Å²) < 4.78 is 0. The van der Waals surface area contributed by atoms with Gasteiger partial charge in [-0.25, -0.2) is 0 Å². The van der Waals surface area contributed by atoms with E-state index in [1.165, 1.54) is 0 Å². The van der Waals surface area contributed by atoms with Gasteiger partial charge in [0, 0.05) is 5.56 Å². The van der Waals surface area contributed by atoms with Crippen LogP contribution in [0.2, 0.25) is 0 Å². The van der Waals surface area contributed by atoms with Crippen molar-refractivity contribution in [2.45, 2.75) is 13.8 Å². The van der Waals surface area contributed by atoms with E-state index in [4.69, 9.17) is 0 Å². The zero-order valence-corrected chi connectivity index (χ0v) is 9.90. The lowest BCUT2D eigenvalue weighted by Crippen LogP contribution is -1.86. The standard InChI is InChI=1S/C15H14O2/c1-10-6-14(7-11(2)15(10)17)13-5-3-4-12(8-13)9-16/h3-9,17H,1-2H3. The second-order valence-electron chi connectivity index (χ2n) is 4.20. The maximum Gasteiger partial charge on any atom is 0.150 e. The molecule has 0 fully saturated rings. The summed E-state index contributed by atoms with van der Waals surface area (Å²) in [6, 6.07) is 11.3. The summed E-state index contributed by atoms with van der Waals surface area (Å²) in [7, 11) is 0. The summed E-state index contributed by atoms with van der Waals surface area (Å²) >= 11 is 0. The van der Waals surface area contributed by atoms with Gasteiger partial charge in [-0.3, -0.25) is 4.79 Å². The first-order chi connectivity index (χ1) is 8.11. The van der Waals surface area contributed by atoms with Crippen molar-refractivity contribution in [2.75, 3.05) is 0 Å². The third kappa shape index (κ3) is 2.21. The first-order valence-electron chi connectivity index (χ1n) is 5.47. The van der Waals surface area contributed by atoms with Crippen LogP contribution >= 0.6 is 0 Å². The molecule has 0 aliphatic rings. The highest BCUT2D eigenvalue weighted by Crippen LogP contribution is 2.29. The van der Waals surface area contributed by atoms with Gasteiger partial charge < -0.3 is 5.11 Å². The number of rotatable bonds is 2. The molecule has 0 aliphatic heterocycles. The van der Waals surface area contributed by atoms with Gasteiger partial charge in [0.1, 0.15) is 12.0 Å². The molecule has 2 aromatic carbocycles. The van der Waals surface area contributed by atoms with Crippen molar-refractivity contribution in [3.63, 3.8) is 0 Å². The predicted octanol–water partition coefficient (Wildman–Crippen LogP) is 3.49. The second kappa shape index (κ2) is 4.42. The predicted molar refractivity (Wildman–Crippen MR) is 68.4 cm³/mol. The molecule has 2 rings (SSSR count). The third-order valence-corrected chi connectivity index (χ3v) is 2.85. The average molecular weight is 226 g/mol. The van der Waals surface area contributed by atoms with E-state index in [9.17, 15) is 9.90 Å². The van der Waals surface area contributed by atoms with E-state index in [1.54, 1.807) is 6.07 Å². The van der Waals surface area contributed by atoms with Crippen molar-refractivity contribution in [2.24, 2.45) is 0 Å². The van der Waals surface area contributed by atoms with Crippen LogP contribution < -0.4 is 0 Å². The Morgan fingerprint density at radius 2 is 1.65 bits per heavy atom. The van der Waals surface area contributed by atoms with Gasteiger partial charge in [0.25, 0.3) is 0 Å². The van der Waals surface area contributed by atoms with Gasteiger partial charge in [0.2, 0.25) is 0 Å². The highest BCUT2D eigenvalue weighted by molar-refractivity contribution is 5.79. The number of hydrogen-bond donors (Lipinski definition) is 1. The summed E-state index contributed by atoms with van der Waals surface area (Å²) in [5.74, 6) is 0.334. The third-order valence-electron chi connectivity index (χ3n) is 2.85. The average Bonchev–Trinajstić information content (AvgIpc) is 2.35. The van der Waals surface area contributed by atoms with Crippen LogP contribution in [0.25, 0.3) is 11.1 Å². The first-order valence-corrected chi connectivity index (χ1v) is 5.47. The van der Waals surface area contributed by atoms with Crippen molar-refractivity contribution >= 4 is 6.29 Å².